The molecule has 0 fully saturated rings. The molecule has 7 heteroatoms. The Morgan fingerprint density at radius 3 is 3.06 bits per heavy atom. The lowest BCUT2D eigenvalue weighted by Crippen LogP contribution is -2.02. The average molecular weight is 286 g/mol. The molecule has 0 saturated carbocycles. The van der Waals surface area contributed by atoms with Gasteiger partial charge in [-0.1, -0.05) is 33.2 Å². The number of aromatic nitrogens is 5. The highest BCUT2D eigenvalue weighted by Gasteiger charge is 2.07. The summed E-state index contributed by atoms with van der Waals surface area (Å²) in [5.74, 6) is 1.31. The van der Waals surface area contributed by atoms with Crippen LogP contribution in [0, 0.1) is 0 Å². The molecule has 2 rings (SSSR count). The largest absolute Gasteiger partial charge is 0.339 e. The Labute approximate surface area is 101 Å². The number of nitrogens with zero attached hydrogens (tertiary/aromatic N) is 5. The van der Waals surface area contributed by atoms with Crippen molar-refractivity contribution < 1.29 is 4.52 Å². The summed E-state index contributed by atoms with van der Waals surface area (Å²) < 4.78 is 6.77. The van der Waals surface area contributed by atoms with Crippen LogP contribution in [0.4, 0.5) is 0 Å². The maximum atomic E-state index is 5.08. The van der Waals surface area contributed by atoms with Gasteiger partial charge in [-0.3, -0.25) is 0 Å². The number of hydrogen-bond donors (Lipinski definition) is 0. The first-order valence-electron chi connectivity index (χ1n) is 5.08. The summed E-state index contributed by atoms with van der Waals surface area (Å²) in [6.07, 6.45) is 3.67. The third-order valence-electron chi connectivity index (χ3n) is 2.00. The van der Waals surface area contributed by atoms with Crippen LogP contribution in [-0.2, 0) is 18.3 Å². The molecule has 0 amide bonds. The van der Waals surface area contributed by atoms with Crippen LogP contribution in [0.3, 0.4) is 0 Å². The molecule has 6 nitrogen and oxygen atoms in total. The average Bonchev–Trinajstić information content (AvgIpc) is 2.89. The molecule has 2 aromatic heterocycles. The van der Waals surface area contributed by atoms with E-state index in [9.17, 15) is 0 Å². The van der Waals surface area contributed by atoms with Crippen molar-refractivity contribution in [2.24, 2.45) is 0 Å². The third-order valence-corrected chi connectivity index (χ3v) is 2.57. The first-order valence-corrected chi connectivity index (χ1v) is 6.20. The lowest BCUT2D eigenvalue weighted by atomic mass is 10.3. The molecule has 0 bridgehead atoms. The van der Waals surface area contributed by atoms with Gasteiger partial charge in [0.05, 0.1) is 5.69 Å². The quantitative estimate of drug-likeness (QED) is 0.780. The normalized spacial score (nSPS) is 10.9. The lowest BCUT2D eigenvalue weighted by molar-refractivity contribution is 0.370. The Bertz CT molecular complexity index is 452. The van der Waals surface area contributed by atoms with Gasteiger partial charge in [-0.25, -0.2) is 4.68 Å². The highest BCUT2D eigenvalue weighted by molar-refractivity contribution is 9.08. The van der Waals surface area contributed by atoms with E-state index in [4.69, 9.17) is 4.52 Å². The Kier molecular flexibility index (Phi) is 3.66. The van der Waals surface area contributed by atoms with Gasteiger partial charge in [-0.15, -0.1) is 5.10 Å². The molecular weight excluding hydrogens is 274 g/mol. The molecule has 0 aliphatic heterocycles. The number of aryl methyl sites for hydroxylation is 1. The summed E-state index contributed by atoms with van der Waals surface area (Å²) in [6.45, 7) is 2.57. The van der Waals surface area contributed by atoms with Crippen molar-refractivity contribution in [3.05, 3.63) is 23.6 Å². The minimum absolute atomic E-state index is 0.493. The number of hydrogen-bond acceptors (Lipinski definition) is 5. The molecule has 0 aliphatic rings. The molecule has 86 valence electrons. The van der Waals surface area contributed by atoms with Gasteiger partial charge in [0.25, 0.3) is 0 Å². The molecule has 0 atom stereocenters. The van der Waals surface area contributed by atoms with E-state index in [0.717, 1.165) is 18.5 Å². The molecule has 0 saturated heterocycles. The third kappa shape index (κ3) is 2.66. The second-order valence-corrected chi connectivity index (χ2v) is 3.96. The zero-order valence-electron chi connectivity index (χ0n) is 8.93. The number of alkyl halides is 1. The smallest absolute Gasteiger partial charge is 0.226 e. The van der Waals surface area contributed by atoms with Crippen molar-refractivity contribution in [2.45, 2.75) is 31.6 Å². The Balaban J connectivity index is 2.02. The maximum Gasteiger partial charge on any atom is 0.226 e. The topological polar surface area (TPSA) is 69.6 Å². The van der Waals surface area contributed by atoms with E-state index < -0.39 is 0 Å². The van der Waals surface area contributed by atoms with E-state index in [0.29, 0.717) is 23.6 Å². The molecule has 0 unspecified atom stereocenters. The van der Waals surface area contributed by atoms with Gasteiger partial charge >= 0.3 is 0 Å². The van der Waals surface area contributed by atoms with Crippen molar-refractivity contribution in [3.8, 4) is 0 Å². The van der Waals surface area contributed by atoms with Crippen molar-refractivity contribution in [1.29, 1.82) is 0 Å². The van der Waals surface area contributed by atoms with Gasteiger partial charge in [-0.05, 0) is 6.42 Å². The zero-order valence-corrected chi connectivity index (χ0v) is 10.5. The molecular formula is C9H12BrN5O. The lowest BCUT2D eigenvalue weighted by Gasteiger charge is -1.91. The van der Waals surface area contributed by atoms with E-state index in [1.807, 2.05) is 6.20 Å². The predicted molar refractivity (Wildman–Crippen MR) is 60.0 cm³/mol. The second-order valence-electron chi connectivity index (χ2n) is 3.40. The van der Waals surface area contributed by atoms with Crippen LogP contribution in [-0.4, -0.2) is 25.1 Å². The molecule has 16 heavy (non-hydrogen) atoms. The zero-order chi connectivity index (χ0) is 11.4. The summed E-state index contributed by atoms with van der Waals surface area (Å²) in [4.78, 5) is 4.25. The summed E-state index contributed by atoms with van der Waals surface area (Å²) in [5, 5.41) is 12.5. The molecule has 0 N–H and O–H groups in total. The highest BCUT2D eigenvalue weighted by atomic mass is 79.9. The predicted octanol–water partition coefficient (Wildman–Crippen LogP) is 1.56. The van der Waals surface area contributed by atoms with E-state index in [1.54, 1.807) is 4.68 Å². The minimum Gasteiger partial charge on any atom is -0.339 e. The van der Waals surface area contributed by atoms with E-state index >= 15 is 0 Å². The van der Waals surface area contributed by atoms with Crippen LogP contribution in [0.5, 0.6) is 0 Å². The van der Waals surface area contributed by atoms with Crippen molar-refractivity contribution in [2.75, 3.05) is 0 Å². The Morgan fingerprint density at radius 2 is 2.38 bits per heavy atom. The molecule has 0 spiro atoms. The fourth-order valence-corrected chi connectivity index (χ4v) is 1.55. The van der Waals surface area contributed by atoms with Gasteiger partial charge in [0.2, 0.25) is 5.89 Å². The summed E-state index contributed by atoms with van der Waals surface area (Å²) in [6, 6.07) is 0. The van der Waals surface area contributed by atoms with Crippen molar-refractivity contribution in [1.82, 2.24) is 25.1 Å². The first kappa shape index (κ1) is 11.3. The van der Waals surface area contributed by atoms with Crippen LogP contribution in [0.15, 0.2) is 10.7 Å². The van der Waals surface area contributed by atoms with Gasteiger partial charge in [0.15, 0.2) is 5.82 Å². The summed E-state index contributed by atoms with van der Waals surface area (Å²) in [7, 11) is 0. The fraction of sp³-hybridized carbons (Fsp3) is 0.556. The maximum absolute atomic E-state index is 5.08. The standard InChI is InChI=1S/C9H12BrN5O/c1-2-3-9-11-8(13-16-9)6-15-5-7(4-10)12-14-15/h5H,2-4,6H2,1H3. The highest BCUT2D eigenvalue weighted by Crippen LogP contribution is 2.04. The van der Waals surface area contributed by atoms with Crippen LogP contribution in [0.1, 0.15) is 30.8 Å². The van der Waals surface area contributed by atoms with E-state index in [2.05, 4.69) is 43.3 Å². The molecule has 2 aromatic rings. The monoisotopic (exact) mass is 285 g/mol. The van der Waals surface area contributed by atoms with Crippen LogP contribution in [0.25, 0.3) is 0 Å². The van der Waals surface area contributed by atoms with Gasteiger partial charge in [0, 0.05) is 17.9 Å². The van der Waals surface area contributed by atoms with E-state index in [-0.39, 0.29) is 0 Å². The summed E-state index contributed by atoms with van der Waals surface area (Å²) >= 11 is 3.32. The van der Waals surface area contributed by atoms with Crippen molar-refractivity contribution in [3.63, 3.8) is 0 Å². The first-order chi connectivity index (χ1) is 7.81. The SMILES string of the molecule is CCCc1nc(Cn2cc(CBr)nn2)no1. The van der Waals surface area contributed by atoms with Crippen molar-refractivity contribution >= 4 is 15.9 Å². The number of halogens is 1. The fourth-order valence-electron chi connectivity index (χ4n) is 1.29. The second kappa shape index (κ2) is 5.20. The minimum atomic E-state index is 0.493. The van der Waals surface area contributed by atoms with E-state index in [1.165, 1.54) is 0 Å². The van der Waals surface area contributed by atoms with Gasteiger partial charge in [0.1, 0.15) is 6.54 Å². The van der Waals surface area contributed by atoms with Crippen LogP contribution < -0.4 is 0 Å². The van der Waals surface area contributed by atoms with Crippen LogP contribution >= 0.6 is 15.9 Å². The molecule has 0 radical (unpaired) electrons. The Morgan fingerprint density at radius 1 is 1.50 bits per heavy atom. The summed E-state index contributed by atoms with van der Waals surface area (Å²) in [5.41, 5.74) is 0.886. The molecule has 2 heterocycles. The molecule has 0 aliphatic carbocycles. The van der Waals surface area contributed by atoms with Crippen LogP contribution in [0.2, 0.25) is 0 Å². The van der Waals surface area contributed by atoms with Gasteiger partial charge in [-0.2, -0.15) is 4.98 Å². The number of rotatable bonds is 5. The van der Waals surface area contributed by atoms with Gasteiger partial charge < -0.3 is 4.52 Å². The molecule has 0 aromatic carbocycles. The Hall–Kier alpha value is -1.24.